The van der Waals surface area contributed by atoms with Crippen molar-refractivity contribution in [2.75, 3.05) is 6.54 Å². The molecule has 0 spiro atoms. The standard InChI is InChI=1S/C17H24N4O2S/c1-11(2)14(22)8-9-18-15(23)10-21-16(19-20-17(21)24)13-6-4-12(3)5-7-13/h4-7,11,14,22H,8-10H2,1-3H3,(H,18,23)(H,20,24). The number of H-pyrrole nitrogens is 1. The molecule has 0 radical (unpaired) electrons. The molecule has 0 saturated heterocycles. The SMILES string of the molecule is Cc1ccc(-c2n[nH]c(=S)n2CC(=O)NCCC(O)C(C)C)cc1. The maximum absolute atomic E-state index is 12.2. The van der Waals surface area contributed by atoms with Crippen LogP contribution >= 0.6 is 12.2 Å². The van der Waals surface area contributed by atoms with E-state index in [1.54, 1.807) is 4.57 Å². The van der Waals surface area contributed by atoms with Crippen molar-refractivity contribution in [1.29, 1.82) is 0 Å². The van der Waals surface area contributed by atoms with Crippen LogP contribution in [0.2, 0.25) is 0 Å². The number of rotatable bonds is 7. The van der Waals surface area contributed by atoms with Crippen molar-refractivity contribution < 1.29 is 9.90 Å². The molecule has 0 saturated carbocycles. The van der Waals surface area contributed by atoms with Gasteiger partial charge >= 0.3 is 0 Å². The third-order valence-corrected chi connectivity index (χ3v) is 4.21. The Morgan fingerprint density at radius 1 is 1.38 bits per heavy atom. The van der Waals surface area contributed by atoms with Gasteiger partial charge in [0.05, 0.1) is 6.10 Å². The Morgan fingerprint density at radius 3 is 2.67 bits per heavy atom. The molecule has 2 aromatic rings. The molecule has 0 bridgehead atoms. The average molecular weight is 348 g/mol. The lowest BCUT2D eigenvalue weighted by molar-refractivity contribution is -0.121. The lowest BCUT2D eigenvalue weighted by Crippen LogP contribution is -2.31. The molecule has 1 unspecified atom stereocenters. The van der Waals surface area contributed by atoms with E-state index in [4.69, 9.17) is 12.2 Å². The van der Waals surface area contributed by atoms with Crippen LogP contribution in [0.4, 0.5) is 0 Å². The average Bonchev–Trinajstić information content (AvgIpc) is 2.89. The van der Waals surface area contributed by atoms with Gasteiger partial charge in [0.2, 0.25) is 5.91 Å². The second kappa shape index (κ2) is 8.21. The van der Waals surface area contributed by atoms with E-state index in [2.05, 4.69) is 15.5 Å². The van der Waals surface area contributed by atoms with E-state index in [9.17, 15) is 9.90 Å². The van der Waals surface area contributed by atoms with Gasteiger partial charge in [-0.05, 0) is 31.5 Å². The van der Waals surface area contributed by atoms with E-state index < -0.39 is 6.10 Å². The highest BCUT2D eigenvalue weighted by molar-refractivity contribution is 7.71. The number of amides is 1. The minimum atomic E-state index is -0.412. The lowest BCUT2D eigenvalue weighted by atomic mass is 10.0. The monoisotopic (exact) mass is 348 g/mol. The third kappa shape index (κ3) is 4.75. The molecule has 0 aliphatic heterocycles. The Bertz CT molecular complexity index is 734. The normalized spacial score (nSPS) is 12.4. The maximum Gasteiger partial charge on any atom is 0.240 e. The van der Waals surface area contributed by atoms with Crippen LogP contribution in [0.25, 0.3) is 11.4 Å². The van der Waals surface area contributed by atoms with E-state index in [0.29, 0.717) is 23.6 Å². The molecule has 3 N–H and O–H groups in total. The van der Waals surface area contributed by atoms with Gasteiger partial charge in [0.25, 0.3) is 0 Å². The predicted octanol–water partition coefficient (Wildman–Crippen LogP) is 2.44. The largest absolute Gasteiger partial charge is 0.393 e. The number of nitrogens with zero attached hydrogens (tertiary/aromatic N) is 2. The van der Waals surface area contributed by atoms with Crippen LogP contribution in [-0.4, -0.2) is 38.4 Å². The molecule has 0 aliphatic rings. The zero-order chi connectivity index (χ0) is 17.7. The van der Waals surface area contributed by atoms with Crippen molar-refractivity contribution in [2.24, 2.45) is 5.92 Å². The summed E-state index contributed by atoms with van der Waals surface area (Å²) < 4.78 is 2.08. The van der Waals surface area contributed by atoms with Crippen LogP contribution in [0.5, 0.6) is 0 Å². The fourth-order valence-corrected chi connectivity index (χ4v) is 2.48. The number of carbonyl (C=O) groups is 1. The van der Waals surface area contributed by atoms with Crippen LogP contribution in [0.1, 0.15) is 25.8 Å². The highest BCUT2D eigenvalue weighted by atomic mass is 32.1. The molecule has 0 fully saturated rings. The summed E-state index contributed by atoms with van der Waals surface area (Å²) >= 11 is 5.23. The number of carbonyl (C=O) groups excluding carboxylic acids is 1. The fourth-order valence-electron chi connectivity index (χ4n) is 2.28. The van der Waals surface area contributed by atoms with Crippen LogP contribution in [0, 0.1) is 17.6 Å². The summed E-state index contributed by atoms with van der Waals surface area (Å²) in [6.07, 6.45) is 0.120. The van der Waals surface area contributed by atoms with Gasteiger partial charge in [-0.2, -0.15) is 5.10 Å². The van der Waals surface area contributed by atoms with Crippen molar-refractivity contribution in [3.05, 3.63) is 34.6 Å². The molecule has 130 valence electrons. The number of hydrogen-bond acceptors (Lipinski definition) is 4. The number of aliphatic hydroxyl groups is 1. The second-order valence-corrected chi connectivity index (χ2v) is 6.64. The number of benzene rings is 1. The van der Waals surface area contributed by atoms with Gasteiger partial charge in [0, 0.05) is 12.1 Å². The van der Waals surface area contributed by atoms with Gasteiger partial charge in [-0.15, -0.1) is 0 Å². The molecule has 24 heavy (non-hydrogen) atoms. The summed E-state index contributed by atoms with van der Waals surface area (Å²) in [5.41, 5.74) is 2.05. The molecular weight excluding hydrogens is 324 g/mol. The van der Waals surface area contributed by atoms with Gasteiger partial charge in [-0.3, -0.25) is 14.5 Å². The zero-order valence-corrected chi connectivity index (χ0v) is 15.1. The Balaban J connectivity index is 2.02. The molecule has 6 nitrogen and oxygen atoms in total. The lowest BCUT2D eigenvalue weighted by Gasteiger charge is -2.14. The first-order chi connectivity index (χ1) is 11.4. The van der Waals surface area contributed by atoms with Gasteiger partial charge in [0.1, 0.15) is 6.54 Å². The highest BCUT2D eigenvalue weighted by Gasteiger charge is 2.13. The van der Waals surface area contributed by atoms with Crippen molar-refractivity contribution in [1.82, 2.24) is 20.1 Å². The summed E-state index contributed by atoms with van der Waals surface area (Å²) in [7, 11) is 0. The molecule has 1 aromatic heterocycles. The first kappa shape index (κ1) is 18.4. The fraction of sp³-hybridized carbons (Fsp3) is 0.471. The van der Waals surface area contributed by atoms with Crippen LogP contribution < -0.4 is 5.32 Å². The number of aliphatic hydroxyl groups excluding tert-OH is 1. The number of aryl methyl sites for hydroxylation is 1. The highest BCUT2D eigenvalue weighted by Crippen LogP contribution is 2.17. The number of hydrogen-bond donors (Lipinski definition) is 3. The molecule has 1 aromatic carbocycles. The Morgan fingerprint density at radius 2 is 2.04 bits per heavy atom. The molecular formula is C17H24N4O2S. The zero-order valence-electron chi connectivity index (χ0n) is 14.2. The first-order valence-corrected chi connectivity index (χ1v) is 8.46. The topological polar surface area (TPSA) is 82.9 Å². The van der Waals surface area contributed by atoms with Gasteiger partial charge in [-0.1, -0.05) is 43.7 Å². The summed E-state index contributed by atoms with van der Waals surface area (Å²) in [4.78, 5) is 12.2. The Labute approximate surface area is 146 Å². The van der Waals surface area contributed by atoms with Crippen LogP contribution in [0.3, 0.4) is 0 Å². The molecule has 2 rings (SSSR count). The summed E-state index contributed by atoms with van der Waals surface area (Å²) in [5.74, 6) is 0.659. The third-order valence-electron chi connectivity index (χ3n) is 3.90. The molecule has 7 heteroatoms. The molecule has 1 amide bonds. The Kier molecular flexibility index (Phi) is 6.28. The van der Waals surface area contributed by atoms with E-state index >= 15 is 0 Å². The quantitative estimate of drug-likeness (QED) is 0.671. The Hall–Kier alpha value is -1.99. The molecule has 0 aliphatic carbocycles. The van der Waals surface area contributed by atoms with Gasteiger partial charge in [-0.25, -0.2) is 0 Å². The van der Waals surface area contributed by atoms with Crippen molar-refractivity contribution in [2.45, 2.75) is 39.8 Å². The first-order valence-electron chi connectivity index (χ1n) is 8.05. The number of aromatic amines is 1. The van der Waals surface area contributed by atoms with E-state index in [1.165, 1.54) is 0 Å². The molecule has 1 atom stereocenters. The smallest absolute Gasteiger partial charge is 0.240 e. The summed E-state index contributed by atoms with van der Waals surface area (Å²) in [6, 6.07) is 7.89. The number of nitrogens with one attached hydrogen (secondary N) is 2. The summed E-state index contributed by atoms with van der Waals surface area (Å²) in [5, 5.41) is 19.5. The summed E-state index contributed by atoms with van der Waals surface area (Å²) in [6.45, 7) is 6.44. The maximum atomic E-state index is 12.2. The van der Waals surface area contributed by atoms with Crippen molar-refractivity contribution in [3.8, 4) is 11.4 Å². The van der Waals surface area contributed by atoms with E-state index in [0.717, 1.165) is 11.1 Å². The van der Waals surface area contributed by atoms with Gasteiger partial charge in [0.15, 0.2) is 10.6 Å². The van der Waals surface area contributed by atoms with Crippen molar-refractivity contribution >= 4 is 18.1 Å². The van der Waals surface area contributed by atoms with Crippen LogP contribution in [0.15, 0.2) is 24.3 Å². The second-order valence-electron chi connectivity index (χ2n) is 6.25. The van der Waals surface area contributed by atoms with Gasteiger partial charge < -0.3 is 10.4 Å². The molecule has 1 heterocycles. The minimum Gasteiger partial charge on any atom is -0.393 e. The van der Waals surface area contributed by atoms with E-state index in [1.807, 2.05) is 45.0 Å². The predicted molar refractivity (Wildman–Crippen MR) is 96.1 cm³/mol. The minimum absolute atomic E-state index is 0.0936. The van der Waals surface area contributed by atoms with Crippen LogP contribution in [-0.2, 0) is 11.3 Å². The van der Waals surface area contributed by atoms with E-state index in [-0.39, 0.29) is 18.4 Å². The number of aromatic nitrogens is 3. The van der Waals surface area contributed by atoms with Crippen molar-refractivity contribution in [3.63, 3.8) is 0 Å².